The molecule has 19 heavy (non-hydrogen) atoms. The predicted octanol–water partition coefficient (Wildman–Crippen LogP) is 4.19. The molecule has 0 spiro atoms. The number of hydrogen-bond acceptors (Lipinski definition) is 2. The molecule has 3 N–H and O–H groups in total. The van der Waals surface area contributed by atoms with Crippen molar-refractivity contribution in [3.63, 3.8) is 0 Å². The highest BCUT2D eigenvalue weighted by molar-refractivity contribution is 9.11. The zero-order valence-electron chi connectivity index (χ0n) is 9.58. The lowest BCUT2D eigenvalue weighted by molar-refractivity contribution is 0.102. The van der Waals surface area contributed by atoms with E-state index in [0.29, 0.717) is 11.3 Å². The first-order valence-corrected chi connectivity index (χ1v) is 6.87. The van der Waals surface area contributed by atoms with Crippen LogP contribution in [-0.4, -0.2) is 5.91 Å². The van der Waals surface area contributed by atoms with Crippen LogP contribution in [0.5, 0.6) is 0 Å². The predicted molar refractivity (Wildman–Crippen MR) is 80.6 cm³/mol. The number of hydrogen-bond donors (Lipinski definition) is 2. The molecule has 98 valence electrons. The Morgan fingerprint density at radius 1 is 1.11 bits per heavy atom. The Bertz CT molecular complexity index is 626. The zero-order chi connectivity index (χ0) is 14.0. The molecule has 0 unspecified atom stereocenters. The molecule has 0 aliphatic rings. The van der Waals surface area contributed by atoms with Crippen molar-refractivity contribution in [2.24, 2.45) is 0 Å². The molecule has 0 radical (unpaired) electrons. The van der Waals surface area contributed by atoms with Crippen molar-refractivity contribution in [2.75, 3.05) is 11.1 Å². The van der Waals surface area contributed by atoms with E-state index in [0.717, 1.165) is 8.95 Å². The molecule has 0 atom stereocenters. The molecular formula is C13H9Br2FN2O. The van der Waals surface area contributed by atoms with Crippen LogP contribution in [0.3, 0.4) is 0 Å². The number of nitrogen functional groups attached to an aromatic ring is 1. The summed E-state index contributed by atoms with van der Waals surface area (Å²) < 4.78 is 14.6. The normalized spacial score (nSPS) is 10.3. The van der Waals surface area contributed by atoms with Crippen LogP contribution in [-0.2, 0) is 0 Å². The van der Waals surface area contributed by atoms with Crippen LogP contribution in [0, 0.1) is 5.82 Å². The number of carbonyl (C=O) groups excluding carboxylic acids is 1. The fourth-order valence-corrected chi connectivity index (χ4v) is 2.80. The quantitative estimate of drug-likeness (QED) is 0.759. The zero-order valence-corrected chi connectivity index (χ0v) is 12.8. The third-order valence-electron chi connectivity index (χ3n) is 2.38. The van der Waals surface area contributed by atoms with Gasteiger partial charge in [0.25, 0.3) is 5.91 Å². The summed E-state index contributed by atoms with van der Waals surface area (Å²) in [5.41, 5.74) is 6.36. The molecule has 1 amide bonds. The monoisotopic (exact) mass is 386 g/mol. The Hall–Kier alpha value is -1.40. The van der Waals surface area contributed by atoms with Crippen LogP contribution >= 0.6 is 31.9 Å². The second-order valence-corrected chi connectivity index (χ2v) is 5.68. The molecule has 0 saturated heterocycles. The Kier molecular flexibility index (Phi) is 4.21. The maximum absolute atomic E-state index is 13.0. The Balaban J connectivity index is 2.22. The smallest absolute Gasteiger partial charge is 0.255 e. The van der Waals surface area contributed by atoms with Gasteiger partial charge in [0, 0.05) is 20.2 Å². The standard InChI is InChI=1S/C13H9Br2FN2O/c14-8-3-7(4-9(15)5-8)13(19)18-10-1-2-11(16)12(17)6-10/h1-6H,17H2,(H,18,19). The van der Waals surface area contributed by atoms with E-state index in [1.54, 1.807) is 12.1 Å². The first kappa shape index (κ1) is 14.0. The summed E-state index contributed by atoms with van der Waals surface area (Å²) in [6.45, 7) is 0. The maximum atomic E-state index is 13.0. The third kappa shape index (κ3) is 3.54. The van der Waals surface area contributed by atoms with Gasteiger partial charge in [0.15, 0.2) is 0 Å². The molecule has 6 heteroatoms. The van der Waals surface area contributed by atoms with Crippen LogP contribution in [0.2, 0.25) is 0 Å². The van der Waals surface area contributed by atoms with Crippen LogP contribution in [0.25, 0.3) is 0 Å². The molecule has 2 aromatic carbocycles. The maximum Gasteiger partial charge on any atom is 0.255 e. The second-order valence-electron chi connectivity index (χ2n) is 3.85. The van der Waals surface area contributed by atoms with Gasteiger partial charge in [-0.2, -0.15) is 0 Å². The van der Waals surface area contributed by atoms with Crippen molar-refractivity contribution in [1.82, 2.24) is 0 Å². The SMILES string of the molecule is Nc1cc(NC(=O)c2cc(Br)cc(Br)c2)ccc1F. The van der Waals surface area contributed by atoms with E-state index in [9.17, 15) is 9.18 Å². The second kappa shape index (κ2) is 5.71. The van der Waals surface area contributed by atoms with Gasteiger partial charge >= 0.3 is 0 Å². The minimum atomic E-state index is -0.511. The van der Waals surface area contributed by atoms with Crippen molar-refractivity contribution in [3.05, 3.63) is 56.7 Å². The highest BCUT2D eigenvalue weighted by atomic mass is 79.9. The highest BCUT2D eigenvalue weighted by Crippen LogP contribution is 2.22. The van der Waals surface area contributed by atoms with E-state index in [1.165, 1.54) is 18.2 Å². The van der Waals surface area contributed by atoms with E-state index < -0.39 is 5.82 Å². The first-order valence-electron chi connectivity index (χ1n) is 5.28. The molecule has 0 bridgehead atoms. The summed E-state index contributed by atoms with van der Waals surface area (Å²) in [5, 5.41) is 2.65. The van der Waals surface area contributed by atoms with Gasteiger partial charge in [-0.05, 0) is 36.4 Å². The lowest BCUT2D eigenvalue weighted by Gasteiger charge is -2.07. The van der Waals surface area contributed by atoms with E-state index in [-0.39, 0.29) is 11.6 Å². The number of benzene rings is 2. The van der Waals surface area contributed by atoms with Crippen molar-refractivity contribution < 1.29 is 9.18 Å². The van der Waals surface area contributed by atoms with E-state index in [4.69, 9.17) is 5.73 Å². The van der Waals surface area contributed by atoms with E-state index in [1.807, 2.05) is 6.07 Å². The average molecular weight is 388 g/mol. The van der Waals surface area contributed by atoms with Gasteiger partial charge in [0.2, 0.25) is 0 Å². The van der Waals surface area contributed by atoms with Gasteiger partial charge in [0.1, 0.15) is 5.82 Å². The Labute approximate surface area is 126 Å². The molecule has 0 heterocycles. The molecule has 2 aromatic rings. The molecule has 0 aliphatic carbocycles. The molecule has 0 saturated carbocycles. The largest absolute Gasteiger partial charge is 0.396 e. The minimum absolute atomic E-state index is 0.00628. The number of carbonyl (C=O) groups is 1. The first-order chi connectivity index (χ1) is 8.95. The summed E-state index contributed by atoms with van der Waals surface area (Å²) in [4.78, 5) is 12.0. The molecule has 0 aliphatic heterocycles. The van der Waals surface area contributed by atoms with Crippen molar-refractivity contribution in [1.29, 1.82) is 0 Å². The number of rotatable bonds is 2. The molecular weight excluding hydrogens is 379 g/mol. The van der Waals surface area contributed by atoms with Crippen LogP contribution < -0.4 is 11.1 Å². The van der Waals surface area contributed by atoms with Gasteiger partial charge in [-0.15, -0.1) is 0 Å². The van der Waals surface area contributed by atoms with Crippen molar-refractivity contribution >= 4 is 49.1 Å². The van der Waals surface area contributed by atoms with Gasteiger partial charge in [-0.25, -0.2) is 4.39 Å². The van der Waals surface area contributed by atoms with Gasteiger partial charge < -0.3 is 11.1 Å². The summed E-state index contributed by atoms with van der Waals surface area (Å²) in [5.74, 6) is -0.809. The highest BCUT2D eigenvalue weighted by Gasteiger charge is 2.09. The molecule has 2 rings (SSSR count). The van der Waals surface area contributed by atoms with Gasteiger partial charge in [-0.3, -0.25) is 4.79 Å². The molecule has 0 fully saturated rings. The van der Waals surface area contributed by atoms with Crippen LogP contribution in [0.15, 0.2) is 45.3 Å². The van der Waals surface area contributed by atoms with Crippen LogP contribution in [0.1, 0.15) is 10.4 Å². The number of halogens is 3. The fourth-order valence-electron chi connectivity index (χ4n) is 1.51. The van der Waals surface area contributed by atoms with Crippen LogP contribution in [0.4, 0.5) is 15.8 Å². The summed E-state index contributed by atoms with van der Waals surface area (Å²) in [6, 6.07) is 9.24. The Morgan fingerprint density at radius 3 is 2.32 bits per heavy atom. The lowest BCUT2D eigenvalue weighted by Crippen LogP contribution is -2.12. The molecule has 0 aromatic heterocycles. The van der Waals surface area contributed by atoms with E-state index >= 15 is 0 Å². The number of nitrogens with two attached hydrogens (primary N) is 1. The summed E-state index contributed by atoms with van der Waals surface area (Å²) in [7, 11) is 0. The summed E-state index contributed by atoms with van der Waals surface area (Å²) in [6.07, 6.45) is 0. The third-order valence-corrected chi connectivity index (χ3v) is 3.29. The lowest BCUT2D eigenvalue weighted by atomic mass is 10.2. The number of nitrogens with one attached hydrogen (secondary N) is 1. The van der Waals surface area contributed by atoms with E-state index in [2.05, 4.69) is 37.2 Å². The summed E-state index contributed by atoms with van der Waals surface area (Å²) >= 11 is 6.62. The van der Waals surface area contributed by atoms with Gasteiger partial charge in [-0.1, -0.05) is 31.9 Å². The van der Waals surface area contributed by atoms with Crippen molar-refractivity contribution in [3.8, 4) is 0 Å². The minimum Gasteiger partial charge on any atom is -0.396 e. The fraction of sp³-hybridized carbons (Fsp3) is 0. The topological polar surface area (TPSA) is 55.1 Å². The van der Waals surface area contributed by atoms with Crippen molar-refractivity contribution in [2.45, 2.75) is 0 Å². The molecule has 3 nitrogen and oxygen atoms in total. The number of amides is 1. The number of anilines is 2. The average Bonchev–Trinajstić information content (AvgIpc) is 2.32. The Morgan fingerprint density at radius 2 is 1.74 bits per heavy atom. The van der Waals surface area contributed by atoms with Gasteiger partial charge in [0.05, 0.1) is 5.69 Å².